The van der Waals surface area contributed by atoms with Gasteiger partial charge in [-0.15, -0.1) is 0 Å². The summed E-state index contributed by atoms with van der Waals surface area (Å²) in [7, 11) is 0. The maximum Gasteiger partial charge on any atom is 0.390 e. The van der Waals surface area contributed by atoms with Gasteiger partial charge in [0.25, 0.3) is 0 Å². The van der Waals surface area contributed by atoms with Crippen LogP contribution in [0.25, 0.3) is 0 Å². The summed E-state index contributed by atoms with van der Waals surface area (Å²) in [6.45, 7) is 0.607. The zero-order valence-electron chi connectivity index (χ0n) is 11.4. The second kappa shape index (κ2) is 8.71. The standard InChI is InChI=1S/C13H17ClNO3PS/c1-3-9-20-19(16,17-4-2)18-13(10-15)11-7-5-6-8-12(11)14/h5-8,13H,3-4,9H2,1-2H3. The molecule has 20 heavy (non-hydrogen) atoms. The van der Waals surface area contributed by atoms with Crippen LogP contribution >= 0.6 is 29.8 Å². The largest absolute Gasteiger partial charge is 0.390 e. The number of benzene rings is 1. The van der Waals surface area contributed by atoms with Crippen molar-refractivity contribution in [3.8, 4) is 6.07 Å². The topological polar surface area (TPSA) is 59.3 Å². The molecule has 0 spiro atoms. The third kappa shape index (κ3) is 5.12. The molecule has 110 valence electrons. The van der Waals surface area contributed by atoms with Gasteiger partial charge in [0.15, 0.2) is 6.10 Å². The van der Waals surface area contributed by atoms with Gasteiger partial charge in [0, 0.05) is 16.3 Å². The van der Waals surface area contributed by atoms with Gasteiger partial charge in [-0.05, 0) is 30.8 Å². The number of halogens is 1. The summed E-state index contributed by atoms with van der Waals surface area (Å²) in [6.07, 6.45) is -0.167. The van der Waals surface area contributed by atoms with E-state index in [0.29, 0.717) is 16.3 Å². The highest BCUT2D eigenvalue weighted by Gasteiger charge is 2.30. The van der Waals surface area contributed by atoms with Crippen molar-refractivity contribution in [2.45, 2.75) is 26.4 Å². The second-order valence-corrected chi connectivity index (χ2v) is 8.39. The third-order valence-electron chi connectivity index (χ3n) is 2.28. The molecule has 0 radical (unpaired) electrons. The van der Waals surface area contributed by atoms with Crippen LogP contribution in [-0.2, 0) is 13.6 Å². The molecule has 0 N–H and O–H groups in total. The predicted octanol–water partition coefficient (Wildman–Crippen LogP) is 5.21. The van der Waals surface area contributed by atoms with Gasteiger partial charge in [0.1, 0.15) is 0 Å². The van der Waals surface area contributed by atoms with E-state index in [0.717, 1.165) is 17.8 Å². The normalized spacial score (nSPS) is 15.3. The minimum atomic E-state index is -3.36. The number of nitriles is 1. The number of nitrogens with zero attached hydrogens (tertiary/aromatic N) is 1. The summed E-state index contributed by atoms with van der Waals surface area (Å²) in [6, 6.07) is 8.83. The van der Waals surface area contributed by atoms with Crippen LogP contribution in [0.3, 0.4) is 0 Å². The van der Waals surface area contributed by atoms with E-state index < -0.39 is 12.9 Å². The summed E-state index contributed by atoms with van der Waals surface area (Å²) < 4.78 is 23.2. The van der Waals surface area contributed by atoms with Gasteiger partial charge in [-0.3, -0.25) is 4.52 Å². The van der Waals surface area contributed by atoms with E-state index in [4.69, 9.17) is 20.6 Å². The van der Waals surface area contributed by atoms with Gasteiger partial charge in [0.05, 0.1) is 12.7 Å². The first-order valence-electron chi connectivity index (χ1n) is 6.27. The quantitative estimate of drug-likeness (QED) is 0.611. The Labute approximate surface area is 128 Å². The van der Waals surface area contributed by atoms with Crippen LogP contribution in [0.1, 0.15) is 31.9 Å². The van der Waals surface area contributed by atoms with Crippen LogP contribution in [0.4, 0.5) is 0 Å². The maximum atomic E-state index is 12.6. The Kier molecular flexibility index (Phi) is 7.65. The van der Waals surface area contributed by atoms with Crippen molar-refractivity contribution in [2.75, 3.05) is 12.4 Å². The van der Waals surface area contributed by atoms with E-state index in [1.165, 1.54) is 0 Å². The van der Waals surface area contributed by atoms with Crippen molar-refractivity contribution in [3.63, 3.8) is 0 Å². The first kappa shape index (κ1) is 17.6. The Hall–Kier alpha value is -0.500. The van der Waals surface area contributed by atoms with E-state index >= 15 is 0 Å². The second-order valence-electron chi connectivity index (χ2n) is 3.83. The lowest BCUT2D eigenvalue weighted by Gasteiger charge is -2.20. The number of hydrogen-bond acceptors (Lipinski definition) is 5. The van der Waals surface area contributed by atoms with Crippen molar-refractivity contribution in [1.29, 1.82) is 5.26 Å². The summed E-state index contributed by atoms with van der Waals surface area (Å²) in [4.78, 5) is 0. The molecule has 0 saturated heterocycles. The zero-order chi connectivity index (χ0) is 15.0. The van der Waals surface area contributed by atoms with Gasteiger partial charge in [-0.25, -0.2) is 4.57 Å². The Bertz CT molecular complexity index is 521. The third-order valence-corrected chi connectivity index (χ3v) is 6.65. The van der Waals surface area contributed by atoms with E-state index in [-0.39, 0.29) is 6.61 Å². The van der Waals surface area contributed by atoms with Crippen LogP contribution in [0.2, 0.25) is 5.02 Å². The van der Waals surface area contributed by atoms with Crippen molar-refractivity contribution in [1.82, 2.24) is 0 Å². The molecule has 1 rings (SSSR count). The van der Waals surface area contributed by atoms with Crippen LogP contribution in [-0.4, -0.2) is 12.4 Å². The first-order valence-corrected chi connectivity index (χ1v) is 9.79. The maximum absolute atomic E-state index is 12.6. The highest BCUT2D eigenvalue weighted by molar-refractivity contribution is 8.55. The molecule has 1 aromatic carbocycles. The van der Waals surface area contributed by atoms with Gasteiger partial charge in [-0.2, -0.15) is 5.26 Å². The van der Waals surface area contributed by atoms with Gasteiger partial charge < -0.3 is 4.52 Å². The SMILES string of the molecule is CCCSP(=O)(OCC)OC(C#N)c1ccccc1Cl. The van der Waals surface area contributed by atoms with E-state index in [1.54, 1.807) is 31.2 Å². The monoisotopic (exact) mass is 333 g/mol. The number of hydrogen-bond donors (Lipinski definition) is 0. The molecule has 0 aliphatic rings. The van der Waals surface area contributed by atoms with Crippen LogP contribution in [0, 0.1) is 11.3 Å². The molecule has 2 unspecified atom stereocenters. The molecule has 0 aromatic heterocycles. The van der Waals surface area contributed by atoms with E-state index in [2.05, 4.69) is 0 Å². The fourth-order valence-corrected chi connectivity index (χ4v) is 5.20. The Morgan fingerprint density at radius 3 is 2.70 bits per heavy atom. The molecule has 0 amide bonds. The molecule has 4 nitrogen and oxygen atoms in total. The summed E-state index contributed by atoms with van der Waals surface area (Å²) in [5, 5.41) is 9.65. The molecule has 0 heterocycles. The number of rotatable bonds is 8. The minimum absolute atomic E-state index is 0.259. The highest BCUT2D eigenvalue weighted by atomic mass is 35.5. The average Bonchev–Trinajstić information content (AvgIpc) is 2.44. The van der Waals surface area contributed by atoms with Crippen molar-refractivity contribution in [2.24, 2.45) is 0 Å². The fourth-order valence-electron chi connectivity index (χ4n) is 1.43. The first-order chi connectivity index (χ1) is 9.56. The molecular weight excluding hydrogens is 317 g/mol. The van der Waals surface area contributed by atoms with Crippen LogP contribution < -0.4 is 0 Å². The minimum Gasteiger partial charge on any atom is -0.301 e. The van der Waals surface area contributed by atoms with E-state index in [1.807, 2.05) is 13.0 Å². The molecule has 0 bridgehead atoms. The summed E-state index contributed by atoms with van der Waals surface area (Å²) in [5.41, 5.74) is 0.494. The van der Waals surface area contributed by atoms with Crippen LogP contribution in [0.5, 0.6) is 0 Å². The van der Waals surface area contributed by atoms with Gasteiger partial charge >= 0.3 is 6.80 Å². The molecular formula is C13H17ClNO3PS. The van der Waals surface area contributed by atoms with Crippen LogP contribution in [0.15, 0.2) is 24.3 Å². The average molecular weight is 334 g/mol. The molecule has 1 aromatic rings. The van der Waals surface area contributed by atoms with Crippen molar-refractivity contribution in [3.05, 3.63) is 34.9 Å². The molecule has 0 saturated carbocycles. The molecule has 2 atom stereocenters. The van der Waals surface area contributed by atoms with E-state index in [9.17, 15) is 9.83 Å². The fraction of sp³-hybridized carbons (Fsp3) is 0.462. The Morgan fingerprint density at radius 1 is 1.45 bits per heavy atom. The van der Waals surface area contributed by atoms with Gasteiger partial charge in [-0.1, -0.05) is 36.7 Å². The Morgan fingerprint density at radius 2 is 2.15 bits per heavy atom. The lowest BCUT2D eigenvalue weighted by Crippen LogP contribution is -2.02. The predicted molar refractivity (Wildman–Crippen MR) is 82.9 cm³/mol. The molecule has 0 aliphatic heterocycles. The Balaban J connectivity index is 2.93. The lowest BCUT2D eigenvalue weighted by molar-refractivity contribution is 0.198. The molecule has 0 fully saturated rings. The summed E-state index contributed by atoms with van der Waals surface area (Å²) >= 11 is 7.15. The van der Waals surface area contributed by atoms with Crippen molar-refractivity contribution >= 4 is 29.8 Å². The molecule has 7 heteroatoms. The zero-order valence-corrected chi connectivity index (χ0v) is 13.9. The van der Waals surface area contributed by atoms with Gasteiger partial charge in [0.2, 0.25) is 0 Å². The lowest BCUT2D eigenvalue weighted by atomic mass is 10.1. The highest BCUT2D eigenvalue weighted by Crippen LogP contribution is 2.63. The molecule has 0 aliphatic carbocycles. The van der Waals surface area contributed by atoms with Crippen molar-refractivity contribution < 1.29 is 13.6 Å². The smallest absolute Gasteiger partial charge is 0.301 e. The summed E-state index contributed by atoms with van der Waals surface area (Å²) in [5.74, 6) is 0.637.